The molecular formula is C11H9NO2. The zero-order valence-electron chi connectivity index (χ0n) is 7.73. The fourth-order valence-corrected chi connectivity index (χ4v) is 1.37. The number of furan rings is 1. The maximum atomic E-state index is 10.5. The molecule has 0 aliphatic rings. The van der Waals surface area contributed by atoms with E-state index in [-0.39, 0.29) is 0 Å². The highest BCUT2D eigenvalue weighted by molar-refractivity contribution is 5.76. The highest BCUT2D eigenvalue weighted by Crippen LogP contribution is 2.24. The van der Waals surface area contributed by atoms with Crippen molar-refractivity contribution in [3.8, 4) is 11.1 Å². The molecule has 0 spiro atoms. The van der Waals surface area contributed by atoms with Gasteiger partial charge >= 0.3 is 0 Å². The molecule has 0 fully saturated rings. The number of carbonyl (C=O) groups is 1. The van der Waals surface area contributed by atoms with Gasteiger partial charge in [-0.3, -0.25) is 9.78 Å². The smallest absolute Gasteiger partial charge is 0.185 e. The number of hydrogen-bond donors (Lipinski definition) is 0. The minimum absolute atomic E-state index is 0.348. The van der Waals surface area contributed by atoms with Gasteiger partial charge in [-0.15, -0.1) is 0 Å². The van der Waals surface area contributed by atoms with Crippen LogP contribution in [0.4, 0.5) is 0 Å². The van der Waals surface area contributed by atoms with E-state index in [1.54, 1.807) is 18.5 Å². The first-order valence-electron chi connectivity index (χ1n) is 4.27. The molecule has 0 saturated heterocycles. The Morgan fingerprint density at radius 1 is 1.50 bits per heavy atom. The number of hydrogen-bond acceptors (Lipinski definition) is 3. The topological polar surface area (TPSA) is 43.1 Å². The number of aldehydes is 1. The van der Waals surface area contributed by atoms with Crippen LogP contribution in [0.15, 0.2) is 35.0 Å². The van der Waals surface area contributed by atoms with E-state index >= 15 is 0 Å². The van der Waals surface area contributed by atoms with Crippen LogP contribution in [0.3, 0.4) is 0 Å². The summed E-state index contributed by atoms with van der Waals surface area (Å²) < 4.78 is 5.22. The Morgan fingerprint density at radius 2 is 2.36 bits per heavy atom. The lowest BCUT2D eigenvalue weighted by Crippen LogP contribution is -1.77. The molecule has 0 unspecified atom stereocenters. The summed E-state index contributed by atoms with van der Waals surface area (Å²) in [6.45, 7) is 1.83. The lowest BCUT2D eigenvalue weighted by Gasteiger charge is -1.95. The molecule has 2 heterocycles. The average molecular weight is 187 g/mol. The van der Waals surface area contributed by atoms with E-state index in [1.165, 1.54) is 0 Å². The van der Waals surface area contributed by atoms with E-state index in [4.69, 9.17) is 4.42 Å². The first-order valence-corrected chi connectivity index (χ1v) is 4.27. The van der Waals surface area contributed by atoms with E-state index in [2.05, 4.69) is 4.98 Å². The summed E-state index contributed by atoms with van der Waals surface area (Å²) in [7, 11) is 0. The fraction of sp³-hybridized carbons (Fsp3) is 0.0909. The number of carbonyl (C=O) groups excluding carboxylic acids is 1. The van der Waals surface area contributed by atoms with Crippen molar-refractivity contribution in [3.05, 3.63) is 42.1 Å². The lowest BCUT2D eigenvalue weighted by molar-refractivity contribution is 0.109. The molecule has 0 saturated carbocycles. The van der Waals surface area contributed by atoms with Gasteiger partial charge in [-0.1, -0.05) is 6.07 Å². The van der Waals surface area contributed by atoms with Gasteiger partial charge in [-0.25, -0.2) is 0 Å². The Labute approximate surface area is 81.4 Å². The van der Waals surface area contributed by atoms with Crippen molar-refractivity contribution in [2.45, 2.75) is 6.92 Å². The minimum Gasteiger partial charge on any atom is -0.458 e. The predicted octanol–water partition coefficient (Wildman–Crippen LogP) is 2.46. The van der Waals surface area contributed by atoms with Crippen molar-refractivity contribution in [2.75, 3.05) is 0 Å². The maximum absolute atomic E-state index is 10.5. The van der Waals surface area contributed by atoms with Crippen molar-refractivity contribution in [3.63, 3.8) is 0 Å². The van der Waals surface area contributed by atoms with Crippen LogP contribution >= 0.6 is 0 Å². The van der Waals surface area contributed by atoms with E-state index in [0.29, 0.717) is 12.0 Å². The van der Waals surface area contributed by atoms with Gasteiger partial charge in [0, 0.05) is 23.5 Å². The molecule has 14 heavy (non-hydrogen) atoms. The van der Waals surface area contributed by atoms with Crippen molar-refractivity contribution in [2.24, 2.45) is 0 Å². The molecule has 3 nitrogen and oxygen atoms in total. The Balaban J connectivity index is 2.51. The van der Waals surface area contributed by atoms with Crippen LogP contribution in [-0.4, -0.2) is 11.3 Å². The van der Waals surface area contributed by atoms with Crippen LogP contribution in [0, 0.1) is 6.92 Å². The first-order chi connectivity index (χ1) is 6.81. The van der Waals surface area contributed by atoms with Gasteiger partial charge in [-0.2, -0.15) is 0 Å². The summed E-state index contributed by atoms with van der Waals surface area (Å²) in [6.07, 6.45) is 4.15. The van der Waals surface area contributed by atoms with E-state index in [1.807, 2.05) is 19.1 Å². The Bertz CT molecular complexity index is 446. The van der Waals surface area contributed by atoms with Crippen molar-refractivity contribution in [1.82, 2.24) is 4.98 Å². The summed E-state index contributed by atoms with van der Waals surface area (Å²) in [5, 5.41) is 0. The third-order valence-electron chi connectivity index (χ3n) is 2.03. The van der Waals surface area contributed by atoms with E-state index in [0.717, 1.165) is 16.9 Å². The zero-order chi connectivity index (χ0) is 9.97. The molecule has 0 aliphatic carbocycles. The Morgan fingerprint density at radius 3 is 2.93 bits per heavy atom. The monoisotopic (exact) mass is 187 g/mol. The van der Waals surface area contributed by atoms with Crippen LogP contribution in [-0.2, 0) is 0 Å². The quantitative estimate of drug-likeness (QED) is 0.678. The SMILES string of the molecule is Cc1oc(C=O)cc1-c1cccnc1. The summed E-state index contributed by atoms with van der Waals surface area (Å²) in [4.78, 5) is 14.5. The van der Waals surface area contributed by atoms with Crippen LogP contribution in [0.1, 0.15) is 16.3 Å². The van der Waals surface area contributed by atoms with Crippen LogP contribution in [0.2, 0.25) is 0 Å². The average Bonchev–Trinajstić information content (AvgIpc) is 2.61. The number of nitrogens with zero attached hydrogens (tertiary/aromatic N) is 1. The van der Waals surface area contributed by atoms with E-state index in [9.17, 15) is 4.79 Å². The molecule has 2 aromatic rings. The fourth-order valence-electron chi connectivity index (χ4n) is 1.37. The summed E-state index contributed by atoms with van der Waals surface area (Å²) >= 11 is 0. The molecule has 0 radical (unpaired) electrons. The molecule has 0 bridgehead atoms. The highest BCUT2D eigenvalue weighted by Gasteiger charge is 2.08. The van der Waals surface area contributed by atoms with Crippen LogP contribution < -0.4 is 0 Å². The number of pyridine rings is 1. The van der Waals surface area contributed by atoms with Crippen molar-refractivity contribution in [1.29, 1.82) is 0 Å². The predicted molar refractivity (Wildman–Crippen MR) is 52.1 cm³/mol. The van der Waals surface area contributed by atoms with Crippen molar-refractivity contribution >= 4 is 6.29 Å². The third-order valence-corrected chi connectivity index (χ3v) is 2.03. The molecule has 2 aromatic heterocycles. The number of rotatable bonds is 2. The van der Waals surface area contributed by atoms with Gasteiger partial charge in [0.1, 0.15) is 5.76 Å². The molecule has 70 valence electrons. The largest absolute Gasteiger partial charge is 0.458 e. The third kappa shape index (κ3) is 1.44. The van der Waals surface area contributed by atoms with Crippen molar-refractivity contribution < 1.29 is 9.21 Å². The summed E-state index contributed by atoms with van der Waals surface area (Å²) in [6, 6.07) is 5.50. The Hall–Kier alpha value is -1.90. The van der Waals surface area contributed by atoms with Crippen LogP contribution in [0.25, 0.3) is 11.1 Å². The molecule has 0 atom stereocenters. The molecule has 0 aromatic carbocycles. The summed E-state index contributed by atoms with van der Waals surface area (Å²) in [5.41, 5.74) is 1.88. The summed E-state index contributed by atoms with van der Waals surface area (Å²) in [5.74, 6) is 1.08. The second-order valence-electron chi connectivity index (χ2n) is 2.98. The molecule has 2 rings (SSSR count). The number of aromatic nitrogens is 1. The first kappa shape index (κ1) is 8.69. The van der Waals surface area contributed by atoms with Gasteiger partial charge < -0.3 is 4.42 Å². The second-order valence-corrected chi connectivity index (χ2v) is 2.98. The molecule has 0 aliphatic heterocycles. The minimum atomic E-state index is 0.348. The lowest BCUT2D eigenvalue weighted by atomic mass is 10.1. The van der Waals surface area contributed by atoms with Gasteiger partial charge in [0.05, 0.1) is 0 Å². The molecule has 3 heteroatoms. The van der Waals surface area contributed by atoms with Gasteiger partial charge in [0.25, 0.3) is 0 Å². The zero-order valence-corrected chi connectivity index (χ0v) is 7.73. The highest BCUT2D eigenvalue weighted by atomic mass is 16.3. The molecular weight excluding hydrogens is 178 g/mol. The standard InChI is InChI=1S/C11H9NO2/c1-8-11(5-10(7-13)14-8)9-3-2-4-12-6-9/h2-7H,1H3. The maximum Gasteiger partial charge on any atom is 0.185 e. The second kappa shape index (κ2) is 3.46. The Kier molecular flexibility index (Phi) is 2.14. The molecule has 0 N–H and O–H groups in total. The van der Waals surface area contributed by atoms with Gasteiger partial charge in [-0.05, 0) is 19.1 Å². The van der Waals surface area contributed by atoms with Gasteiger partial charge in [0.2, 0.25) is 0 Å². The normalized spacial score (nSPS) is 10.1. The van der Waals surface area contributed by atoms with Crippen LogP contribution in [0.5, 0.6) is 0 Å². The van der Waals surface area contributed by atoms with Gasteiger partial charge in [0.15, 0.2) is 12.0 Å². The molecule has 0 amide bonds. The number of aryl methyl sites for hydroxylation is 1. The van der Waals surface area contributed by atoms with E-state index < -0.39 is 0 Å².